The molecule has 0 spiro atoms. The number of carbonyl (C=O) groups excluding carboxylic acids is 1. The molecule has 144 valence electrons. The predicted molar refractivity (Wildman–Crippen MR) is 112 cm³/mol. The monoisotopic (exact) mass is 375 g/mol. The smallest absolute Gasteiger partial charge is 0.253 e. The summed E-state index contributed by atoms with van der Waals surface area (Å²) in [4.78, 5) is 22.1. The van der Waals surface area contributed by atoms with E-state index in [0.717, 1.165) is 55.1 Å². The summed E-state index contributed by atoms with van der Waals surface area (Å²) < 4.78 is 2.18. The van der Waals surface area contributed by atoms with Crippen LogP contribution in [0, 0.1) is 0 Å². The SMILES string of the molecule is CN1CCCN(c2ccc(-c3nc4cccc5c4n3CCNC5=O)cc2)CC1. The van der Waals surface area contributed by atoms with Crippen LogP contribution in [-0.2, 0) is 6.54 Å². The van der Waals surface area contributed by atoms with Crippen LogP contribution in [0.25, 0.3) is 22.4 Å². The van der Waals surface area contributed by atoms with E-state index in [1.165, 1.54) is 12.1 Å². The molecule has 0 bridgehead atoms. The lowest BCUT2D eigenvalue weighted by molar-refractivity contribution is 0.0956. The molecular formula is C22H25N5O. The number of nitrogens with one attached hydrogen (secondary N) is 1. The third kappa shape index (κ3) is 2.94. The van der Waals surface area contributed by atoms with Crippen molar-refractivity contribution in [1.29, 1.82) is 0 Å². The number of amides is 1. The number of benzene rings is 2. The third-order valence-corrected chi connectivity index (χ3v) is 5.84. The Labute approximate surface area is 164 Å². The van der Waals surface area contributed by atoms with Gasteiger partial charge in [-0.25, -0.2) is 4.98 Å². The fourth-order valence-electron chi connectivity index (χ4n) is 4.31. The van der Waals surface area contributed by atoms with Crippen LogP contribution in [0.5, 0.6) is 0 Å². The highest BCUT2D eigenvalue weighted by Gasteiger charge is 2.22. The highest BCUT2D eigenvalue weighted by molar-refractivity contribution is 6.06. The third-order valence-electron chi connectivity index (χ3n) is 5.84. The highest BCUT2D eigenvalue weighted by atomic mass is 16.1. The van der Waals surface area contributed by atoms with Gasteiger partial charge < -0.3 is 19.7 Å². The van der Waals surface area contributed by atoms with E-state index in [1.807, 2.05) is 18.2 Å². The number of rotatable bonds is 2. The zero-order valence-electron chi connectivity index (χ0n) is 16.2. The molecule has 6 nitrogen and oxygen atoms in total. The average molecular weight is 375 g/mol. The number of likely N-dealkylation sites (N-methyl/N-ethyl adjacent to an activating group) is 1. The molecule has 1 aromatic heterocycles. The van der Waals surface area contributed by atoms with Gasteiger partial charge in [-0.05, 0) is 56.4 Å². The Kier molecular flexibility index (Phi) is 4.28. The molecule has 0 unspecified atom stereocenters. The minimum absolute atomic E-state index is 0.0164. The van der Waals surface area contributed by atoms with Crippen molar-refractivity contribution < 1.29 is 4.79 Å². The largest absolute Gasteiger partial charge is 0.370 e. The minimum Gasteiger partial charge on any atom is -0.370 e. The van der Waals surface area contributed by atoms with Gasteiger partial charge in [0.25, 0.3) is 5.91 Å². The molecule has 0 radical (unpaired) electrons. The molecule has 28 heavy (non-hydrogen) atoms. The zero-order chi connectivity index (χ0) is 19.1. The molecule has 0 saturated carbocycles. The van der Waals surface area contributed by atoms with Crippen LogP contribution in [0.15, 0.2) is 42.5 Å². The van der Waals surface area contributed by atoms with E-state index < -0.39 is 0 Å². The number of aromatic nitrogens is 2. The number of anilines is 1. The lowest BCUT2D eigenvalue weighted by Gasteiger charge is -2.23. The molecule has 1 saturated heterocycles. The van der Waals surface area contributed by atoms with E-state index in [2.05, 4.69) is 51.0 Å². The Morgan fingerprint density at radius 2 is 1.82 bits per heavy atom. The van der Waals surface area contributed by atoms with Gasteiger partial charge in [-0.15, -0.1) is 0 Å². The van der Waals surface area contributed by atoms with Gasteiger partial charge in [0.15, 0.2) is 0 Å². The zero-order valence-corrected chi connectivity index (χ0v) is 16.2. The van der Waals surface area contributed by atoms with Crippen LogP contribution in [0.2, 0.25) is 0 Å². The van der Waals surface area contributed by atoms with Gasteiger partial charge in [0.2, 0.25) is 0 Å². The van der Waals surface area contributed by atoms with Crippen LogP contribution in [-0.4, -0.2) is 60.1 Å². The standard InChI is InChI=1S/C22H25N5O/c1-25-11-3-12-26(15-14-25)17-8-6-16(7-9-17)21-24-19-5-2-4-18-20(19)27(21)13-10-23-22(18)28/h2,4-9H,3,10-15H2,1H3,(H,23,28). The van der Waals surface area contributed by atoms with Gasteiger partial charge >= 0.3 is 0 Å². The number of hydrogen-bond donors (Lipinski definition) is 1. The van der Waals surface area contributed by atoms with Gasteiger partial charge in [0, 0.05) is 44.0 Å². The summed E-state index contributed by atoms with van der Waals surface area (Å²) in [5.74, 6) is 0.915. The Morgan fingerprint density at radius 3 is 2.68 bits per heavy atom. The van der Waals surface area contributed by atoms with Crippen molar-refractivity contribution in [3.63, 3.8) is 0 Å². The normalized spacial score (nSPS) is 18.0. The fraction of sp³-hybridized carbons (Fsp3) is 0.364. The fourth-order valence-corrected chi connectivity index (χ4v) is 4.31. The Balaban J connectivity index is 1.51. The number of para-hydroxylation sites is 1. The molecule has 2 aliphatic rings. The second-order valence-corrected chi connectivity index (χ2v) is 7.71. The second kappa shape index (κ2) is 6.95. The summed E-state index contributed by atoms with van der Waals surface area (Å²) >= 11 is 0. The Morgan fingerprint density at radius 1 is 0.964 bits per heavy atom. The molecule has 1 N–H and O–H groups in total. The van der Waals surface area contributed by atoms with E-state index in [4.69, 9.17) is 4.98 Å². The average Bonchev–Trinajstić information content (AvgIpc) is 2.83. The van der Waals surface area contributed by atoms with Crippen molar-refractivity contribution in [1.82, 2.24) is 19.8 Å². The summed E-state index contributed by atoms with van der Waals surface area (Å²) in [7, 11) is 2.19. The topological polar surface area (TPSA) is 53.4 Å². The molecule has 3 heterocycles. The molecule has 5 rings (SSSR count). The first kappa shape index (κ1) is 17.3. The van der Waals surface area contributed by atoms with Crippen molar-refractivity contribution in [2.24, 2.45) is 0 Å². The van der Waals surface area contributed by atoms with E-state index in [-0.39, 0.29) is 5.91 Å². The lowest BCUT2D eigenvalue weighted by atomic mass is 10.1. The molecule has 0 aliphatic carbocycles. The van der Waals surface area contributed by atoms with E-state index in [1.54, 1.807) is 0 Å². The molecule has 3 aromatic rings. The van der Waals surface area contributed by atoms with E-state index in [9.17, 15) is 4.79 Å². The minimum atomic E-state index is -0.0164. The number of carbonyl (C=O) groups is 1. The van der Waals surface area contributed by atoms with Crippen LogP contribution >= 0.6 is 0 Å². The summed E-state index contributed by atoms with van der Waals surface area (Å²) in [5.41, 5.74) is 4.88. The summed E-state index contributed by atoms with van der Waals surface area (Å²) in [6, 6.07) is 14.5. The van der Waals surface area contributed by atoms with Crippen molar-refractivity contribution in [2.45, 2.75) is 13.0 Å². The van der Waals surface area contributed by atoms with Crippen LogP contribution in [0.4, 0.5) is 5.69 Å². The predicted octanol–water partition coefficient (Wildman–Crippen LogP) is 2.59. The quantitative estimate of drug-likeness (QED) is 0.748. The van der Waals surface area contributed by atoms with Gasteiger partial charge in [0.05, 0.1) is 16.6 Å². The summed E-state index contributed by atoms with van der Waals surface area (Å²) in [6.07, 6.45) is 1.19. The van der Waals surface area contributed by atoms with E-state index >= 15 is 0 Å². The van der Waals surface area contributed by atoms with E-state index in [0.29, 0.717) is 12.1 Å². The first-order chi connectivity index (χ1) is 13.7. The number of imidazole rings is 1. The second-order valence-electron chi connectivity index (χ2n) is 7.71. The van der Waals surface area contributed by atoms with Crippen LogP contribution < -0.4 is 10.2 Å². The maximum Gasteiger partial charge on any atom is 0.253 e. The summed E-state index contributed by atoms with van der Waals surface area (Å²) in [5, 5.41) is 2.98. The molecule has 1 fully saturated rings. The number of hydrogen-bond acceptors (Lipinski definition) is 4. The van der Waals surface area contributed by atoms with Gasteiger partial charge in [-0.1, -0.05) is 6.07 Å². The van der Waals surface area contributed by atoms with Crippen molar-refractivity contribution >= 4 is 22.6 Å². The molecular weight excluding hydrogens is 350 g/mol. The first-order valence-electron chi connectivity index (χ1n) is 10.0. The number of nitrogens with zero attached hydrogens (tertiary/aromatic N) is 4. The lowest BCUT2D eigenvalue weighted by Crippen LogP contribution is -2.28. The molecule has 2 aromatic carbocycles. The Hall–Kier alpha value is -2.86. The maximum atomic E-state index is 12.3. The Bertz CT molecular complexity index is 1020. The maximum absolute atomic E-state index is 12.3. The van der Waals surface area contributed by atoms with Crippen LogP contribution in [0.3, 0.4) is 0 Å². The molecule has 0 atom stereocenters. The van der Waals surface area contributed by atoms with Crippen LogP contribution in [0.1, 0.15) is 16.8 Å². The van der Waals surface area contributed by atoms with Gasteiger partial charge in [0.1, 0.15) is 5.82 Å². The molecule has 1 amide bonds. The van der Waals surface area contributed by atoms with Crippen molar-refractivity contribution in [2.75, 3.05) is 44.7 Å². The van der Waals surface area contributed by atoms with Gasteiger partial charge in [-0.3, -0.25) is 4.79 Å². The molecule has 6 heteroatoms. The highest BCUT2D eigenvalue weighted by Crippen LogP contribution is 2.29. The van der Waals surface area contributed by atoms with Crippen molar-refractivity contribution in [3.05, 3.63) is 48.0 Å². The molecule has 2 aliphatic heterocycles. The van der Waals surface area contributed by atoms with Crippen molar-refractivity contribution in [3.8, 4) is 11.4 Å². The van der Waals surface area contributed by atoms with Gasteiger partial charge in [-0.2, -0.15) is 0 Å². The first-order valence-corrected chi connectivity index (χ1v) is 10.0. The summed E-state index contributed by atoms with van der Waals surface area (Å²) in [6.45, 7) is 5.76.